The van der Waals surface area contributed by atoms with E-state index in [9.17, 15) is 0 Å². The van der Waals surface area contributed by atoms with E-state index in [1.54, 1.807) is 13.2 Å². The molecule has 1 aliphatic carbocycles. The molecular formula is C11H16N4O. The maximum absolute atomic E-state index is 5.63. The van der Waals surface area contributed by atoms with Gasteiger partial charge in [-0.1, -0.05) is 6.08 Å². The molecule has 0 bridgehead atoms. The maximum atomic E-state index is 5.63. The standard InChI is InChI=1S/C11H16N4O/c1-3-6-15(8-4-5-8)9-7-10(16-2)14-11(12)13-9/h3,7-8H,1,4-6H2,2H3,(H2,12,13,14). The summed E-state index contributed by atoms with van der Waals surface area (Å²) in [4.78, 5) is 10.4. The lowest BCUT2D eigenvalue weighted by molar-refractivity contribution is 0.397. The quantitative estimate of drug-likeness (QED) is 0.756. The fourth-order valence-electron chi connectivity index (χ4n) is 1.64. The van der Waals surface area contributed by atoms with Gasteiger partial charge in [0.2, 0.25) is 11.8 Å². The lowest BCUT2D eigenvalue weighted by Crippen LogP contribution is -2.27. The molecule has 0 aliphatic heterocycles. The van der Waals surface area contributed by atoms with Crippen LogP contribution in [0.25, 0.3) is 0 Å². The average Bonchev–Trinajstić information content (AvgIpc) is 3.08. The number of ether oxygens (including phenoxy) is 1. The van der Waals surface area contributed by atoms with E-state index in [1.807, 2.05) is 6.08 Å². The molecule has 0 atom stereocenters. The number of methoxy groups -OCH3 is 1. The zero-order chi connectivity index (χ0) is 11.5. The summed E-state index contributed by atoms with van der Waals surface area (Å²) >= 11 is 0. The number of rotatable bonds is 5. The SMILES string of the molecule is C=CCN(c1cc(OC)nc(N)n1)C1CC1. The molecule has 1 fully saturated rings. The third kappa shape index (κ3) is 2.24. The van der Waals surface area contributed by atoms with Crippen LogP contribution in [0, 0.1) is 0 Å². The Bertz CT molecular complexity index is 390. The van der Waals surface area contributed by atoms with Crippen molar-refractivity contribution in [2.45, 2.75) is 18.9 Å². The van der Waals surface area contributed by atoms with E-state index in [4.69, 9.17) is 10.5 Å². The predicted octanol–water partition coefficient (Wildman–Crippen LogP) is 1.22. The summed E-state index contributed by atoms with van der Waals surface area (Å²) in [6.07, 6.45) is 4.25. The van der Waals surface area contributed by atoms with Gasteiger partial charge in [0.05, 0.1) is 7.11 Å². The van der Waals surface area contributed by atoms with Crippen molar-refractivity contribution in [3.63, 3.8) is 0 Å². The molecule has 1 heterocycles. The first-order valence-corrected chi connectivity index (χ1v) is 5.30. The Labute approximate surface area is 94.9 Å². The third-order valence-electron chi connectivity index (χ3n) is 2.52. The molecule has 1 aromatic heterocycles. The molecule has 5 heteroatoms. The van der Waals surface area contributed by atoms with Crippen molar-refractivity contribution in [1.29, 1.82) is 0 Å². The van der Waals surface area contributed by atoms with Gasteiger partial charge in [-0.05, 0) is 12.8 Å². The lowest BCUT2D eigenvalue weighted by atomic mass is 10.4. The number of hydrogen-bond acceptors (Lipinski definition) is 5. The van der Waals surface area contributed by atoms with E-state index in [0.717, 1.165) is 12.4 Å². The Balaban J connectivity index is 2.28. The Morgan fingerprint density at radius 1 is 1.62 bits per heavy atom. The molecular weight excluding hydrogens is 204 g/mol. The molecule has 2 rings (SSSR count). The second kappa shape index (κ2) is 4.38. The van der Waals surface area contributed by atoms with Crippen LogP contribution < -0.4 is 15.4 Å². The molecule has 0 unspecified atom stereocenters. The van der Waals surface area contributed by atoms with Crippen molar-refractivity contribution < 1.29 is 4.74 Å². The topological polar surface area (TPSA) is 64.3 Å². The number of nitrogens with two attached hydrogens (primary N) is 1. The highest BCUT2D eigenvalue weighted by molar-refractivity contribution is 5.48. The highest BCUT2D eigenvalue weighted by atomic mass is 16.5. The summed E-state index contributed by atoms with van der Waals surface area (Å²) in [6, 6.07) is 2.36. The Kier molecular flexibility index (Phi) is 2.94. The molecule has 16 heavy (non-hydrogen) atoms. The van der Waals surface area contributed by atoms with Gasteiger partial charge in [0, 0.05) is 18.7 Å². The molecule has 0 saturated heterocycles. The van der Waals surface area contributed by atoms with Crippen LogP contribution in [0.5, 0.6) is 5.88 Å². The first-order chi connectivity index (χ1) is 7.74. The Morgan fingerprint density at radius 2 is 2.38 bits per heavy atom. The fraction of sp³-hybridized carbons (Fsp3) is 0.455. The summed E-state index contributed by atoms with van der Waals surface area (Å²) in [6.45, 7) is 4.52. The van der Waals surface area contributed by atoms with Crippen molar-refractivity contribution in [2.24, 2.45) is 0 Å². The van der Waals surface area contributed by atoms with Gasteiger partial charge >= 0.3 is 0 Å². The number of hydrogen-bond donors (Lipinski definition) is 1. The molecule has 1 aromatic rings. The number of nitrogens with zero attached hydrogens (tertiary/aromatic N) is 3. The Hall–Kier alpha value is -1.78. The second-order valence-corrected chi connectivity index (χ2v) is 3.80. The van der Waals surface area contributed by atoms with E-state index in [-0.39, 0.29) is 5.95 Å². The monoisotopic (exact) mass is 220 g/mol. The van der Waals surface area contributed by atoms with Crippen molar-refractivity contribution in [3.05, 3.63) is 18.7 Å². The van der Waals surface area contributed by atoms with Crippen LogP contribution in [-0.4, -0.2) is 29.7 Å². The first kappa shape index (κ1) is 10.7. The van der Waals surface area contributed by atoms with E-state index in [2.05, 4.69) is 21.4 Å². The number of nitrogen functional groups attached to an aromatic ring is 1. The molecule has 5 nitrogen and oxygen atoms in total. The van der Waals surface area contributed by atoms with Gasteiger partial charge in [-0.2, -0.15) is 9.97 Å². The van der Waals surface area contributed by atoms with Crippen LogP contribution >= 0.6 is 0 Å². The van der Waals surface area contributed by atoms with Crippen LogP contribution in [0.2, 0.25) is 0 Å². The summed E-state index contributed by atoms with van der Waals surface area (Å²) in [5, 5.41) is 0. The van der Waals surface area contributed by atoms with Gasteiger partial charge in [-0.3, -0.25) is 0 Å². The molecule has 0 spiro atoms. The lowest BCUT2D eigenvalue weighted by Gasteiger charge is -2.22. The van der Waals surface area contributed by atoms with Gasteiger partial charge < -0.3 is 15.4 Å². The van der Waals surface area contributed by atoms with Gasteiger partial charge in [-0.15, -0.1) is 6.58 Å². The summed E-state index contributed by atoms with van der Waals surface area (Å²) < 4.78 is 5.08. The summed E-state index contributed by atoms with van der Waals surface area (Å²) in [5.74, 6) is 1.55. The van der Waals surface area contributed by atoms with Crippen molar-refractivity contribution in [1.82, 2.24) is 9.97 Å². The van der Waals surface area contributed by atoms with Crippen LogP contribution in [0.15, 0.2) is 18.7 Å². The number of anilines is 2. The van der Waals surface area contributed by atoms with Crippen molar-refractivity contribution in [2.75, 3.05) is 24.3 Å². The zero-order valence-electron chi connectivity index (χ0n) is 9.39. The highest BCUT2D eigenvalue weighted by Crippen LogP contribution is 2.31. The van der Waals surface area contributed by atoms with Gasteiger partial charge in [0.1, 0.15) is 5.82 Å². The van der Waals surface area contributed by atoms with Crippen molar-refractivity contribution in [3.8, 4) is 5.88 Å². The van der Waals surface area contributed by atoms with Crippen LogP contribution in [-0.2, 0) is 0 Å². The predicted molar refractivity (Wildman–Crippen MR) is 63.6 cm³/mol. The molecule has 86 valence electrons. The molecule has 0 radical (unpaired) electrons. The van der Waals surface area contributed by atoms with Gasteiger partial charge in [-0.25, -0.2) is 0 Å². The smallest absolute Gasteiger partial charge is 0.225 e. The van der Waals surface area contributed by atoms with E-state index in [0.29, 0.717) is 11.9 Å². The summed E-state index contributed by atoms with van der Waals surface area (Å²) in [7, 11) is 1.57. The molecule has 2 N–H and O–H groups in total. The van der Waals surface area contributed by atoms with Crippen LogP contribution in [0.3, 0.4) is 0 Å². The molecule has 1 saturated carbocycles. The van der Waals surface area contributed by atoms with Crippen molar-refractivity contribution >= 4 is 11.8 Å². The van der Waals surface area contributed by atoms with Gasteiger partial charge in [0.15, 0.2) is 0 Å². The Morgan fingerprint density at radius 3 is 2.94 bits per heavy atom. The van der Waals surface area contributed by atoms with Gasteiger partial charge in [0.25, 0.3) is 0 Å². The van der Waals surface area contributed by atoms with Crippen LogP contribution in [0.1, 0.15) is 12.8 Å². The zero-order valence-corrected chi connectivity index (χ0v) is 9.39. The largest absolute Gasteiger partial charge is 0.481 e. The summed E-state index contributed by atoms with van der Waals surface area (Å²) in [5.41, 5.74) is 5.63. The maximum Gasteiger partial charge on any atom is 0.225 e. The number of aromatic nitrogens is 2. The molecule has 0 amide bonds. The highest BCUT2D eigenvalue weighted by Gasteiger charge is 2.29. The molecule has 1 aliphatic rings. The van der Waals surface area contributed by atoms with E-state index < -0.39 is 0 Å². The van der Waals surface area contributed by atoms with E-state index >= 15 is 0 Å². The average molecular weight is 220 g/mol. The second-order valence-electron chi connectivity index (χ2n) is 3.80. The van der Waals surface area contributed by atoms with E-state index in [1.165, 1.54) is 12.8 Å². The minimum atomic E-state index is 0.240. The minimum absolute atomic E-state index is 0.240. The molecule has 0 aromatic carbocycles. The van der Waals surface area contributed by atoms with Crippen LogP contribution in [0.4, 0.5) is 11.8 Å². The normalized spacial score (nSPS) is 14.6. The fourth-order valence-corrected chi connectivity index (χ4v) is 1.64. The third-order valence-corrected chi connectivity index (χ3v) is 2.52. The minimum Gasteiger partial charge on any atom is -0.481 e. The first-order valence-electron chi connectivity index (χ1n) is 5.30.